The number of nitrogen functional groups attached to an aromatic ring is 1. The summed E-state index contributed by atoms with van der Waals surface area (Å²) in [6.45, 7) is 2.19. The average Bonchev–Trinajstić information content (AvgIpc) is 3.03. The smallest absolute Gasteiger partial charge is 0.317 e. The fraction of sp³-hybridized carbons (Fsp3) is 0.412. The molecule has 2 aromatic rings. The Bertz CT molecular complexity index is 724. The number of likely N-dealkylation sites (tertiary alicyclic amines) is 1. The predicted octanol–water partition coefficient (Wildman–Crippen LogP) is 2.87. The number of piperidine rings is 1. The maximum absolute atomic E-state index is 13.2. The number of halogens is 1. The number of ether oxygens (including phenoxy) is 1. The topological polar surface area (TPSA) is 80.5 Å². The minimum Gasteiger partial charge on any atom is -0.493 e. The molecule has 0 bridgehead atoms. The van der Waals surface area contributed by atoms with Crippen LogP contribution in [0.2, 0.25) is 0 Å². The van der Waals surface area contributed by atoms with E-state index in [2.05, 4.69) is 10.3 Å². The molecule has 1 aromatic carbocycles. The van der Waals surface area contributed by atoms with Crippen LogP contribution in [0.15, 0.2) is 29.6 Å². The number of carbonyl (C=O) groups is 1. The van der Waals surface area contributed by atoms with Crippen LogP contribution in [0.3, 0.4) is 0 Å². The first kappa shape index (κ1) is 17.5. The van der Waals surface area contributed by atoms with Crippen molar-refractivity contribution >= 4 is 22.5 Å². The van der Waals surface area contributed by atoms with E-state index in [1.54, 1.807) is 17.0 Å². The standard InChI is InChI=1S/C17H21FN4O2S/c18-13-4-1-5-15(7-13)24-10-12-3-2-6-22(9-12)17(23)20-8-14-11-25-16(19)21-14/h1,4-5,7,11-12H,2-3,6,8-10H2,(H2,19,21)(H,20,23). The zero-order chi connectivity index (χ0) is 17.6. The van der Waals surface area contributed by atoms with Gasteiger partial charge in [0, 0.05) is 30.5 Å². The van der Waals surface area contributed by atoms with Crippen molar-refractivity contribution in [2.24, 2.45) is 5.92 Å². The quantitative estimate of drug-likeness (QED) is 0.855. The lowest BCUT2D eigenvalue weighted by atomic mass is 9.99. The van der Waals surface area contributed by atoms with E-state index >= 15 is 0 Å². The van der Waals surface area contributed by atoms with Gasteiger partial charge in [-0.05, 0) is 25.0 Å². The maximum atomic E-state index is 13.2. The summed E-state index contributed by atoms with van der Waals surface area (Å²) in [6, 6.07) is 6.00. The molecule has 1 atom stereocenters. The van der Waals surface area contributed by atoms with E-state index in [1.165, 1.54) is 23.5 Å². The molecule has 25 heavy (non-hydrogen) atoms. The lowest BCUT2D eigenvalue weighted by Crippen LogP contribution is -2.46. The van der Waals surface area contributed by atoms with Crippen molar-refractivity contribution in [3.63, 3.8) is 0 Å². The number of carbonyl (C=O) groups excluding carboxylic acids is 1. The summed E-state index contributed by atoms with van der Waals surface area (Å²) in [5.41, 5.74) is 6.35. The van der Waals surface area contributed by atoms with Crippen LogP contribution in [0.1, 0.15) is 18.5 Å². The number of nitrogens with one attached hydrogen (secondary N) is 1. The molecule has 1 aliphatic rings. The molecule has 8 heteroatoms. The molecule has 0 aliphatic carbocycles. The fourth-order valence-corrected chi connectivity index (χ4v) is 3.40. The number of nitrogens with zero attached hydrogens (tertiary/aromatic N) is 2. The third-order valence-electron chi connectivity index (χ3n) is 4.08. The van der Waals surface area contributed by atoms with E-state index < -0.39 is 0 Å². The Morgan fingerprint density at radius 2 is 2.40 bits per heavy atom. The summed E-state index contributed by atoms with van der Waals surface area (Å²) >= 11 is 1.36. The molecule has 2 amide bonds. The largest absolute Gasteiger partial charge is 0.493 e. The SMILES string of the molecule is Nc1nc(CNC(=O)N2CCCC(COc3cccc(F)c3)C2)cs1. The van der Waals surface area contributed by atoms with Gasteiger partial charge in [-0.1, -0.05) is 6.07 Å². The van der Waals surface area contributed by atoms with Crippen LogP contribution in [0.4, 0.5) is 14.3 Å². The number of benzene rings is 1. The zero-order valence-corrected chi connectivity index (χ0v) is 14.6. The highest BCUT2D eigenvalue weighted by Crippen LogP contribution is 2.19. The van der Waals surface area contributed by atoms with Gasteiger partial charge in [0.2, 0.25) is 0 Å². The Balaban J connectivity index is 1.46. The summed E-state index contributed by atoms with van der Waals surface area (Å²) in [6.07, 6.45) is 1.91. The van der Waals surface area contributed by atoms with Gasteiger partial charge in [-0.25, -0.2) is 14.2 Å². The van der Waals surface area contributed by atoms with Crippen molar-refractivity contribution in [1.82, 2.24) is 15.2 Å². The van der Waals surface area contributed by atoms with Crippen molar-refractivity contribution in [2.45, 2.75) is 19.4 Å². The Hall–Kier alpha value is -2.35. The first-order valence-electron chi connectivity index (χ1n) is 8.21. The summed E-state index contributed by atoms with van der Waals surface area (Å²) in [7, 11) is 0. The van der Waals surface area contributed by atoms with Crippen LogP contribution in [0.5, 0.6) is 5.75 Å². The Labute approximate surface area is 149 Å². The highest BCUT2D eigenvalue weighted by Gasteiger charge is 2.24. The second-order valence-electron chi connectivity index (χ2n) is 6.06. The van der Waals surface area contributed by atoms with Crippen LogP contribution < -0.4 is 15.8 Å². The van der Waals surface area contributed by atoms with Gasteiger partial charge in [0.1, 0.15) is 11.6 Å². The van der Waals surface area contributed by atoms with E-state index in [1.807, 2.05) is 5.38 Å². The zero-order valence-electron chi connectivity index (χ0n) is 13.8. The number of urea groups is 1. The number of anilines is 1. The predicted molar refractivity (Wildman–Crippen MR) is 95.0 cm³/mol. The van der Waals surface area contributed by atoms with Gasteiger partial charge < -0.3 is 20.7 Å². The molecule has 1 unspecified atom stereocenters. The van der Waals surface area contributed by atoms with E-state index in [-0.39, 0.29) is 17.8 Å². The van der Waals surface area contributed by atoms with Crippen molar-refractivity contribution in [2.75, 3.05) is 25.4 Å². The molecular weight excluding hydrogens is 343 g/mol. The third-order valence-corrected chi connectivity index (χ3v) is 4.80. The summed E-state index contributed by atoms with van der Waals surface area (Å²) in [5.74, 6) is 0.435. The van der Waals surface area contributed by atoms with Crippen molar-refractivity contribution < 1.29 is 13.9 Å². The number of hydrogen-bond acceptors (Lipinski definition) is 5. The summed E-state index contributed by atoms with van der Waals surface area (Å²) in [4.78, 5) is 18.2. The molecule has 1 aromatic heterocycles. The molecule has 1 saturated heterocycles. The number of nitrogens with two attached hydrogens (primary N) is 1. The van der Waals surface area contributed by atoms with Gasteiger partial charge >= 0.3 is 6.03 Å². The van der Waals surface area contributed by atoms with Gasteiger partial charge in [0.15, 0.2) is 5.13 Å². The summed E-state index contributed by atoms with van der Waals surface area (Å²) in [5, 5.41) is 5.20. The van der Waals surface area contributed by atoms with Crippen LogP contribution >= 0.6 is 11.3 Å². The molecule has 0 spiro atoms. The Kier molecular flexibility index (Phi) is 5.70. The fourth-order valence-electron chi connectivity index (χ4n) is 2.84. The maximum Gasteiger partial charge on any atom is 0.317 e. The minimum atomic E-state index is -0.315. The molecule has 3 N–H and O–H groups in total. The molecule has 0 saturated carbocycles. The molecular formula is C17H21FN4O2S. The van der Waals surface area contributed by atoms with Gasteiger partial charge in [-0.2, -0.15) is 0 Å². The second-order valence-corrected chi connectivity index (χ2v) is 6.95. The van der Waals surface area contributed by atoms with Crippen LogP contribution in [0, 0.1) is 11.7 Å². The van der Waals surface area contributed by atoms with Crippen LogP contribution in [0.25, 0.3) is 0 Å². The van der Waals surface area contributed by atoms with Gasteiger partial charge in [0.05, 0.1) is 18.8 Å². The molecule has 0 radical (unpaired) electrons. The second kappa shape index (κ2) is 8.15. The highest BCUT2D eigenvalue weighted by atomic mass is 32.1. The molecule has 2 heterocycles. The van der Waals surface area contributed by atoms with E-state index in [9.17, 15) is 9.18 Å². The van der Waals surface area contributed by atoms with Gasteiger partial charge in [-0.3, -0.25) is 0 Å². The number of rotatable bonds is 5. The number of hydrogen-bond donors (Lipinski definition) is 2. The Morgan fingerprint density at radius 1 is 1.52 bits per heavy atom. The minimum absolute atomic E-state index is 0.109. The van der Waals surface area contributed by atoms with E-state index in [4.69, 9.17) is 10.5 Å². The van der Waals surface area contributed by atoms with Gasteiger partial charge in [-0.15, -0.1) is 11.3 Å². The molecule has 1 aliphatic heterocycles. The monoisotopic (exact) mass is 364 g/mol. The van der Waals surface area contributed by atoms with Crippen molar-refractivity contribution in [1.29, 1.82) is 0 Å². The van der Waals surface area contributed by atoms with Gasteiger partial charge in [0.25, 0.3) is 0 Å². The van der Waals surface area contributed by atoms with Crippen LogP contribution in [-0.2, 0) is 6.54 Å². The van der Waals surface area contributed by atoms with E-state index in [0.29, 0.717) is 30.6 Å². The van der Waals surface area contributed by atoms with Crippen LogP contribution in [-0.4, -0.2) is 35.6 Å². The molecule has 134 valence electrons. The first-order valence-corrected chi connectivity index (χ1v) is 9.09. The number of aromatic nitrogens is 1. The number of amides is 2. The molecule has 6 nitrogen and oxygen atoms in total. The molecule has 1 fully saturated rings. The third kappa shape index (κ3) is 5.06. The Morgan fingerprint density at radius 3 is 3.16 bits per heavy atom. The highest BCUT2D eigenvalue weighted by molar-refractivity contribution is 7.13. The lowest BCUT2D eigenvalue weighted by Gasteiger charge is -2.32. The average molecular weight is 364 g/mol. The van der Waals surface area contributed by atoms with E-state index in [0.717, 1.165) is 25.1 Å². The van der Waals surface area contributed by atoms with Crippen molar-refractivity contribution in [3.05, 3.63) is 41.2 Å². The number of thiazole rings is 1. The normalized spacial score (nSPS) is 17.3. The summed E-state index contributed by atoms with van der Waals surface area (Å²) < 4.78 is 18.8. The lowest BCUT2D eigenvalue weighted by molar-refractivity contribution is 0.137. The first-order chi connectivity index (χ1) is 12.1. The van der Waals surface area contributed by atoms with Crippen molar-refractivity contribution in [3.8, 4) is 5.75 Å². The molecule has 3 rings (SSSR count).